The van der Waals surface area contributed by atoms with Crippen LogP contribution in [0.25, 0.3) is 0 Å². The fourth-order valence-electron chi connectivity index (χ4n) is 2.74. The molecule has 1 aromatic carbocycles. The van der Waals surface area contributed by atoms with Crippen LogP contribution in [0, 0.1) is 11.7 Å². The van der Waals surface area contributed by atoms with Crippen LogP contribution in [0.3, 0.4) is 0 Å². The predicted octanol–water partition coefficient (Wildman–Crippen LogP) is 1.12. The molecule has 2 fully saturated rings. The molecule has 0 bridgehead atoms. The summed E-state index contributed by atoms with van der Waals surface area (Å²) in [4.78, 5) is 1.90. The SMILES string of the molecule is Nc1cccc(F)c1S(=O)(=O)N1CCN(CC2CC2)CC1. The van der Waals surface area contributed by atoms with E-state index < -0.39 is 15.8 Å². The Morgan fingerprint density at radius 3 is 2.43 bits per heavy atom. The molecule has 3 rings (SSSR count). The molecule has 1 saturated carbocycles. The summed E-state index contributed by atoms with van der Waals surface area (Å²) in [5.41, 5.74) is 5.63. The zero-order valence-corrected chi connectivity index (χ0v) is 12.7. The van der Waals surface area contributed by atoms with Crippen LogP contribution in [-0.2, 0) is 10.0 Å². The summed E-state index contributed by atoms with van der Waals surface area (Å²) in [6, 6.07) is 3.96. The van der Waals surface area contributed by atoms with Crippen molar-refractivity contribution in [1.29, 1.82) is 0 Å². The van der Waals surface area contributed by atoms with Crippen LogP contribution in [0.5, 0.6) is 0 Å². The van der Waals surface area contributed by atoms with Crippen LogP contribution < -0.4 is 5.73 Å². The van der Waals surface area contributed by atoms with Gasteiger partial charge in [-0.05, 0) is 30.9 Å². The lowest BCUT2D eigenvalue weighted by atomic mass is 10.3. The first-order chi connectivity index (χ1) is 9.98. The first-order valence-corrected chi connectivity index (χ1v) is 8.69. The Bertz CT molecular complexity index is 603. The van der Waals surface area contributed by atoms with Crippen LogP contribution in [0.15, 0.2) is 23.1 Å². The lowest BCUT2D eigenvalue weighted by molar-refractivity contribution is 0.182. The van der Waals surface area contributed by atoms with Crippen LogP contribution in [0.4, 0.5) is 10.1 Å². The van der Waals surface area contributed by atoms with Gasteiger partial charge in [-0.1, -0.05) is 6.07 Å². The topological polar surface area (TPSA) is 66.6 Å². The van der Waals surface area contributed by atoms with E-state index in [2.05, 4.69) is 4.90 Å². The van der Waals surface area contributed by atoms with Crippen molar-refractivity contribution in [3.05, 3.63) is 24.0 Å². The summed E-state index contributed by atoms with van der Waals surface area (Å²) in [5.74, 6) is 0.00535. The number of halogens is 1. The number of rotatable bonds is 4. The van der Waals surface area contributed by atoms with Gasteiger partial charge in [-0.3, -0.25) is 0 Å². The summed E-state index contributed by atoms with van der Waals surface area (Å²) in [7, 11) is -3.85. The van der Waals surface area contributed by atoms with E-state index in [4.69, 9.17) is 5.73 Å². The van der Waals surface area contributed by atoms with Gasteiger partial charge in [0.15, 0.2) is 0 Å². The van der Waals surface area contributed by atoms with Crippen LogP contribution in [0.2, 0.25) is 0 Å². The van der Waals surface area contributed by atoms with E-state index in [0.29, 0.717) is 26.2 Å². The predicted molar refractivity (Wildman–Crippen MR) is 78.7 cm³/mol. The highest BCUT2D eigenvalue weighted by molar-refractivity contribution is 7.89. The maximum absolute atomic E-state index is 13.9. The highest BCUT2D eigenvalue weighted by Gasteiger charge is 2.33. The normalized spacial score (nSPS) is 21.6. The average molecular weight is 313 g/mol. The van der Waals surface area contributed by atoms with Gasteiger partial charge in [-0.2, -0.15) is 4.31 Å². The Balaban J connectivity index is 1.74. The second-order valence-corrected chi connectivity index (χ2v) is 7.68. The fraction of sp³-hybridized carbons (Fsp3) is 0.571. The Morgan fingerprint density at radius 2 is 1.86 bits per heavy atom. The molecule has 1 saturated heterocycles. The van der Waals surface area contributed by atoms with Crippen molar-refractivity contribution in [3.8, 4) is 0 Å². The number of sulfonamides is 1. The minimum absolute atomic E-state index is 0.0320. The fourth-order valence-corrected chi connectivity index (χ4v) is 4.33. The van der Waals surface area contributed by atoms with E-state index in [1.807, 2.05) is 0 Å². The molecular formula is C14H20FN3O2S. The van der Waals surface area contributed by atoms with Gasteiger partial charge in [0.05, 0.1) is 5.69 Å². The molecular weight excluding hydrogens is 293 g/mol. The van der Waals surface area contributed by atoms with Gasteiger partial charge in [-0.25, -0.2) is 12.8 Å². The highest BCUT2D eigenvalue weighted by Crippen LogP contribution is 2.31. The van der Waals surface area contributed by atoms with E-state index in [9.17, 15) is 12.8 Å². The van der Waals surface area contributed by atoms with Crippen LogP contribution >= 0.6 is 0 Å². The van der Waals surface area contributed by atoms with Gasteiger partial charge in [0.1, 0.15) is 10.7 Å². The summed E-state index contributed by atoms with van der Waals surface area (Å²) in [6.07, 6.45) is 2.56. The molecule has 1 aliphatic carbocycles. The molecule has 1 heterocycles. The minimum atomic E-state index is -3.85. The number of hydrogen-bond acceptors (Lipinski definition) is 4. The van der Waals surface area contributed by atoms with E-state index in [1.165, 1.54) is 29.3 Å². The van der Waals surface area contributed by atoms with Crippen molar-refractivity contribution in [2.24, 2.45) is 5.92 Å². The van der Waals surface area contributed by atoms with Gasteiger partial charge >= 0.3 is 0 Å². The Hall–Kier alpha value is -1.18. The first kappa shape index (κ1) is 14.7. The summed E-state index contributed by atoms with van der Waals surface area (Å²) in [6.45, 7) is 3.23. The van der Waals surface area contributed by atoms with Crippen molar-refractivity contribution in [3.63, 3.8) is 0 Å². The summed E-state index contributed by atoms with van der Waals surface area (Å²) < 4.78 is 40.3. The number of hydrogen-bond donors (Lipinski definition) is 1. The summed E-state index contributed by atoms with van der Waals surface area (Å²) in [5, 5.41) is 0. The first-order valence-electron chi connectivity index (χ1n) is 7.25. The largest absolute Gasteiger partial charge is 0.398 e. The van der Waals surface area contributed by atoms with Crippen molar-refractivity contribution >= 4 is 15.7 Å². The Kier molecular flexibility index (Phi) is 3.90. The molecule has 2 aliphatic rings. The minimum Gasteiger partial charge on any atom is -0.398 e. The smallest absolute Gasteiger partial charge is 0.248 e. The molecule has 21 heavy (non-hydrogen) atoms. The molecule has 5 nitrogen and oxygen atoms in total. The van der Waals surface area contributed by atoms with Crippen molar-refractivity contribution in [2.75, 3.05) is 38.5 Å². The quantitative estimate of drug-likeness (QED) is 0.846. The van der Waals surface area contributed by atoms with Crippen molar-refractivity contribution < 1.29 is 12.8 Å². The van der Waals surface area contributed by atoms with Gasteiger partial charge in [0, 0.05) is 32.7 Å². The molecule has 0 aromatic heterocycles. The number of piperazine rings is 1. The molecule has 7 heteroatoms. The number of nitrogens with zero attached hydrogens (tertiary/aromatic N) is 2. The second-order valence-electron chi connectivity index (χ2n) is 5.81. The number of anilines is 1. The highest BCUT2D eigenvalue weighted by atomic mass is 32.2. The van der Waals surface area contributed by atoms with E-state index in [1.54, 1.807) is 0 Å². The standard InChI is InChI=1S/C14H20FN3O2S/c15-12-2-1-3-13(16)14(12)21(19,20)18-8-6-17(7-9-18)10-11-4-5-11/h1-3,11H,4-10,16H2. The second kappa shape index (κ2) is 5.55. The summed E-state index contributed by atoms with van der Waals surface area (Å²) >= 11 is 0. The van der Waals surface area contributed by atoms with Gasteiger partial charge in [0.25, 0.3) is 0 Å². The maximum Gasteiger partial charge on any atom is 0.248 e. The lowest BCUT2D eigenvalue weighted by Crippen LogP contribution is -2.49. The third-order valence-corrected chi connectivity index (χ3v) is 6.13. The van der Waals surface area contributed by atoms with Gasteiger partial charge < -0.3 is 10.6 Å². The van der Waals surface area contributed by atoms with Crippen LogP contribution in [-0.4, -0.2) is 50.3 Å². The molecule has 2 N–H and O–H groups in total. The zero-order valence-electron chi connectivity index (χ0n) is 11.8. The molecule has 0 atom stereocenters. The van der Waals surface area contributed by atoms with E-state index in [0.717, 1.165) is 18.5 Å². The molecule has 0 radical (unpaired) electrons. The molecule has 1 aliphatic heterocycles. The van der Waals surface area contributed by atoms with Crippen molar-refractivity contribution in [2.45, 2.75) is 17.7 Å². The van der Waals surface area contributed by atoms with Gasteiger partial charge in [0.2, 0.25) is 10.0 Å². The molecule has 1 aromatic rings. The third-order valence-electron chi connectivity index (χ3n) is 4.14. The Labute approximate surface area is 124 Å². The van der Waals surface area contributed by atoms with Crippen LogP contribution in [0.1, 0.15) is 12.8 Å². The molecule has 0 unspecified atom stereocenters. The monoisotopic (exact) mass is 313 g/mol. The molecule has 116 valence electrons. The number of nitrogens with two attached hydrogens (primary N) is 1. The van der Waals surface area contributed by atoms with E-state index >= 15 is 0 Å². The van der Waals surface area contributed by atoms with Gasteiger partial charge in [-0.15, -0.1) is 0 Å². The number of benzene rings is 1. The average Bonchev–Trinajstić information content (AvgIpc) is 3.23. The molecule has 0 spiro atoms. The number of nitrogen functional groups attached to an aromatic ring is 1. The zero-order chi connectivity index (χ0) is 15.0. The molecule has 0 amide bonds. The maximum atomic E-state index is 13.9. The third kappa shape index (κ3) is 3.04. The van der Waals surface area contributed by atoms with Crippen molar-refractivity contribution in [1.82, 2.24) is 9.21 Å². The Morgan fingerprint density at radius 1 is 1.19 bits per heavy atom. The van der Waals surface area contributed by atoms with E-state index in [-0.39, 0.29) is 10.6 Å². The lowest BCUT2D eigenvalue weighted by Gasteiger charge is -2.34.